The summed E-state index contributed by atoms with van der Waals surface area (Å²) < 4.78 is 11.0. The van der Waals surface area contributed by atoms with Crippen LogP contribution in [-0.2, 0) is 14.4 Å². The Morgan fingerprint density at radius 1 is 1.12 bits per heavy atom. The molecule has 12 nitrogen and oxygen atoms in total. The maximum atomic E-state index is 13.1. The molecule has 2 aromatic rings. The number of benzene rings is 1. The zero-order chi connectivity index (χ0) is 23.8. The van der Waals surface area contributed by atoms with Crippen molar-refractivity contribution in [2.45, 2.75) is 25.2 Å². The normalized spacial score (nSPS) is 19.7. The Balaban J connectivity index is 1.38. The summed E-state index contributed by atoms with van der Waals surface area (Å²) in [5, 5.41) is 5.36. The van der Waals surface area contributed by atoms with E-state index in [2.05, 4.69) is 20.6 Å². The third-order valence-electron chi connectivity index (χ3n) is 6.26. The molecule has 1 atom stereocenters. The third kappa shape index (κ3) is 4.14. The highest BCUT2D eigenvalue weighted by Crippen LogP contribution is 2.34. The lowest BCUT2D eigenvalue weighted by atomic mass is 9.92. The quantitative estimate of drug-likeness (QED) is 0.497. The molecule has 3 amide bonds. The van der Waals surface area contributed by atoms with E-state index in [1.165, 1.54) is 0 Å². The molecule has 0 radical (unpaired) electrons. The number of carbonyl (C=O) groups excluding carboxylic acids is 3. The molecule has 0 spiro atoms. The van der Waals surface area contributed by atoms with Crippen LogP contribution in [0.2, 0.25) is 0 Å². The molecule has 5 rings (SSSR count). The molecule has 178 valence electrons. The van der Waals surface area contributed by atoms with E-state index < -0.39 is 23.3 Å². The minimum atomic E-state index is -1.01. The third-order valence-corrected chi connectivity index (χ3v) is 6.26. The molecule has 0 bridgehead atoms. The highest BCUT2D eigenvalue weighted by Gasteiger charge is 2.35. The van der Waals surface area contributed by atoms with Crippen LogP contribution in [0.5, 0.6) is 11.5 Å². The van der Waals surface area contributed by atoms with Gasteiger partial charge in [0.2, 0.25) is 23.7 Å². The summed E-state index contributed by atoms with van der Waals surface area (Å²) in [5.41, 5.74) is 5.44. The highest BCUT2D eigenvalue weighted by molar-refractivity contribution is 6.04. The number of hydrogen-bond acceptors (Lipinski definition) is 8. The topological polar surface area (TPSA) is 169 Å². The molecule has 3 aliphatic rings. The summed E-state index contributed by atoms with van der Waals surface area (Å²) in [5.74, 6) is -1.05. The number of hydrogen-bond donors (Lipinski definition) is 4. The molecule has 5 N–H and O–H groups in total. The fourth-order valence-electron chi connectivity index (χ4n) is 4.46. The lowest BCUT2D eigenvalue weighted by Gasteiger charge is -2.32. The second-order valence-corrected chi connectivity index (χ2v) is 8.47. The van der Waals surface area contributed by atoms with E-state index in [1.807, 2.05) is 4.90 Å². The van der Waals surface area contributed by atoms with Crippen LogP contribution in [0.4, 0.5) is 17.5 Å². The van der Waals surface area contributed by atoms with Gasteiger partial charge in [-0.1, -0.05) is 0 Å². The second-order valence-electron chi connectivity index (χ2n) is 8.47. The number of H-pyrrole nitrogens is 1. The minimum absolute atomic E-state index is 0.0642. The Hall–Kier alpha value is -4.09. The molecule has 1 aromatic heterocycles. The minimum Gasteiger partial charge on any atom is -0.486 e. The fraction of sp³-hybridized carbons (Fsp3) is 0.409. The van der Waals surface area contributed by atoms with Crippen LogP contribution >= 0.6 is 0 Å². The molecule has 34 heavy (non-hydrogen) atoms. The van der Waals surface area contributed by atoms with Gasteiger partial charge in [-0.05, 0) is 25.0 Å². The van der Waals surface area contributed by atoms with Gasteiger partial charge in [-0.15, -0.1) is 0 Å². The van der Waals surface area contributed by atoms with Crippen molar-refractivity contribution in [3.63, 3.8) is 0 Å². The predicted molar refractivity (Wildman–Crippen MR) is 121 cm³/mol. The number of amides is 3. The maximum absolute atomic E-state index is 13.1. The number of carbonyl (C=O) groups is 3. The summed E-state index contributed by atoms with van der Waals surface area (Å²) in [7, 11) is 0. The van der Waals surface area contributed by atoms with Gasteiger partial charge in [-0.3, -0.25) is 24.2 Å². The van der Waals surface area contributed by atoms with Crippen molar-refractivity contribution < 1.29 is 23.9 Å². The summed E-state index contributed by atoms with van der Waals surface area (Å²) in [6.07, 6.45) is 0.906. The molecule has 1 aromatic carbocycles. The first-order valence-corrected chi connectivity index (χ1v) is 11.1. The van der Waals surface area contributed by atoms with E-state index in [1.54, 1.807) is 18.2 Å². The largest absolute Gasteiger partial charge is 0.486 e. The van der Waals surface area contributed by atoms with Crippen molar-refractivity contribution in [1.82, 2.24) is 9.97 Å². The van der Waals surface area contributed by atoms with Crippen LogP contribution in [0, 0.1) is 5.92 Å². The predicted octanol–water partition coefficient (Wildman–Crippen LogP) is 0.307. The summed E-state index contributed by atoms with van der Waals surface area (Å²) >= 11 is 0. The molecular formula is C22H24N6O6. The number of anilines is 3. The van der Waals surface area contributed by atoms with Crippen molar-refractivity contribution in [2.75, 3.05) is 41.8 Å². The number of piperidine rings is 1. The second kappa shape index (κ2) is 8.69. The SMILES string of the molecule is NC(=O)C1CCN(c2nc3c(c(=O)[nH]2)[C@H](C(=O)Nc2ccc4c(c2)OCCO4)CC(=O)N3)CC1. The first kappa shape index (κ1) is 21.7. The molecular weight excluding hydrogens is 444 g/mol. The van der Waals surface area contributed by atoms with Crippen molar-refractivity contribution in [3.05, 3.63) is 34.1 Å². The number of primary amides is 1. The van der Waals surface area contributed by atoms with E-state index in [-0.39, 0.29) is 35.6 Å². The number of nitrogens with one attached hydrogen (secondary N) is 3. The van der Waals surface area contributed by atoms with Gasteiger partial charge in [0.25, 0.3) is 5.56 Å². The number of fused-ring (bicyclic) bond motifs is 2. The van der Waals surface area contributed by atoms with Crippen LogP contribution in [0.15, 0.2) is 23.0 Å². The molecule has 1 saturated heterocycles. The van der Waals surface area contributed by atoms with Crippen LogP contribution < -0.4 is 36.3 Å². The van der Waals surface area contributed by atoms with Crippen LogP contribution in [0.3, 0.4) is 0 Å². The number of nitrogens with zero attached hydrogens (tertiary/aromatic N) is 2. The zero-order valence-corrected chi connectivity index (χ0v) is 18.3. The van der Waals surface area contributed by atoms with E-state index in [0.29, 0.717) is 56.3 Å². The zero-order valence-electron chi connectivity index (χ0n) is 18.3. The number of rotatable bonds is 4. The number of aromatic nitrogens is 2. The molecule has 4 heterocycles. The van der Waals surface area contributed by atoms with Crippen LogP contribution in [0.1, 0.15) is 30.7 Å². The van der Waals surface area contributed by atoms with Gasteiger partial charge < -0.3 is 30.7 Å². The Labute approximate surface area is 193 Å². The Kier molecular flexibility index (Phi) is 5.56. The van der Waals surface area contributed by atoms with E-state index in [9.17, 15) is 19.2 Å². The Morgan fingerprint density at radius 2 is 1.85 bits per heavy atom. The standard InChI is InChI=1S/C22H24N6O6/c23-18(30)11-3-5-28(6-4-11)22-26-19-17(21(32)27-22)13(10-16(29)25-19)20(31)24-12-1-2-14-15(9-12)34-8-7-33-14/h1-2,9,11,13H,3-8,10H2,(H2,23,30)(H,24,31)(H2,25,26,27,29,32)/t13-/m1/s1. The summed E-state index contributed by atoms with van der Waals surface area (Å²) in [4.78, 5) is 58.8. The molecule has 0 aliphatic carbocycles. The number of nitrogens with two attached hydrogens (primary N) is 1. The smallest absolute Gasteiger partial charge is 0.258 e. The van der Waals surface area contributed by atoms with Crippen molar-refractivity contribution in [2.24, 2.45) is 11.7 Å². The van der Waals surface area contributed by atoms with Gasteiger partial charge in [0.05, 0.1) is 11.5 Å². The number of aromatic amines is 1. The van der Waals surface area contributed by atoms with E-state index >= 15 is 0 Å². The lowest BCUT2D eigenvalue weighted by Crippen LogP contribution is -2.41. The lowest BCUT2D eigenvalue weighted by molar-refractivity contribution is -0.123. The van der Waals surface area contributed by atoms with Gasteiger partial charge in [0, 0.05) is 37.2 Å². The average molecular weight is 468 g/mol. The number of ether oxygens (including phenoxy) is 2. The van der Waals surface area contributed by atoms with Gasteiger partial charge in [-0.25, -0.2) is 0 Å². The monoisotopic (exact) mass is 468 g/mol. The van der Waals surface area contributed by atoms with Crippen LogP contribution in [-0.4, -0.2) is 54.0 Å². The van der Waals surface area contributed by atoms with Crippen molar-refractivity contribution in [1.29, 1.82) is 0 Å². The molecule has 0 saturated carbocycles. The molecule has 12 heteroatoms. The van der Waals surface area contributed by atoms with E-state index in [4.69, 9.17) is 15.2 Å². The maximum Gasteiger partial charge on any atom is 0.258 e. The Bertz CT molecular complexity index is 1220. The van der Waals surface area contributed by atoms with Gasteiger partial charge in [0.1, 0.15) is 19.0 Å². The molecule has 0 unspecified atom stereocenters. The Morgan fingerprint density at radius 3 is 2.59 bits per heavy atom. The highest BCUT2D eigenvalue weighted by atomic mass is 16.6. The average Bonchev–Trinajstić information content (AvgIpc) is 2.83. The first-order valence-electron chi connectivity index (χ1n) is 11.1. The molecule has 3 aliphatic heterocycles. The van der Waals surface area contributed by atoms with Gasteiger partial charge in [0.15, 0.2) is 11.5 Å². The summed E-state index contributed by atoms with van der Waals surface area (Å²) in [6.45, 7) is 1.83. The van der Waals surface area contributed by atoms with Crippen LogP contribution in [0.25, 0.3) is 0 Å². The fourth-order valence-corrected chi connectivity index (χ4v) is 4.46. The van der Waals surface area contributed by atoms with Gasteiger partial charge in [-0.2, -0.15) is 4.98 Å². The summed E-state index contributed by atoms with van der Waals surface area (Å²) in [6, 6.07) is 4.99. The van der Waals surface area contributed by atoms with Crippen molar-refractivity contribution in [3.8, 4) is 11.5 Å². The molecule has 1 fully saturated rings. The van der Waals surface area contributed by atoms with Crippen molar-refractivity contribution >= 4 is 35.2 Å². The van der Waals surface area contributed by atoms with E-state index in [0.717, 1.165) is 0 Å². The first-order chi connectivity index (χ1) is 16.4. The van der Waals surface area contributed by atoms with Gasteiger partial charge >= 0.3 is 0 Å².